The van der Waals surface area contributed by atoms with Gasteiger partial charge < -0.3 is 4.90 Å². The van der Waals surface area contributed by atoms with E-state index in [1.54, 1.807) is 13.8 Å². The molecule has 0 aliphatic carbocycles. The number of carbonyl (C=O) groups excluding carboxylic acids is 1. The number of rotatable bonds is 3. The summed E-state index contributed by atoms with van der Waals surface area (Å²) in [7, 11) is 0. The maximum absolute atomic E-state index is 12.3. The predicted molar refractivity (Wildman–Crippen MR) is 73.4 cm³/mol. The van der Waals surface area contributed by atoms with E-state index in [0.29, 0.717) is 11.4 Å². The minimum atomic E-state index is -0.442. The maximum atomic E-state index is 12.3. The van der Waals surface area contributed by atoms with Gasteiger partial charge >= 0.3 is 5.69 Å². The molecule has 20 heavy (non-hydrogen) atoms. The van der Waals surface area contributed by atoms with E-state index in [4.69, 9.17) is 0 Å². The quantitative estimate of drug-likeness (QED) is 0.624. The minimum absolute atomic E-state index is 0.00416. The fraction of sp³-hybridized carbons (Fsp3) is 0.692. The highest BCUT2D eigenvalue weighted by atomic mass is 16.6. The number of hydrogen-bond acceptors (Lipinski definition) is 4. The zero-order valence-corrected chi connectivity index (χ0v) is 12.1. The van der Waals surface area contributed by atoms with E-state index < -0.39 is 4.92 Å². The summed E-state index contributed by atoms with van der Waals surface area (Å²) in [6.07, 6.45) is 3.19. The number of piperidine rings is 1. The second-order valence-electron chi connectivity index (χ2n) is 5.37. The van der Waals surface area contributed by atoms with E-state index in [-0.39, 0.29) is 24.2 Å². The Morgan fingerprint density at radius 2 is 2.15 bits per heavy atom. The first kappa shape index (κ1) is 14.5. The van der Waals surface area contributed by atoms with Gasteiger partial charge in [-0.1, -0.05) is 0 Å². The Morgan fingerprint density at radius 3 is 2.70 bits per heavy atom. The molecule has 1 aromatic rings. The molecule has 1 aliphatic rings. The largest absolute Gasteiger partial charge is 0.338 e. The summed E-state index contributed by atoms with van der Waals surface area (Å²) in [5.41, 5.74) is 0.794. The van der Waals surface area contributed by atoms with E-state index in [9.17, 15) is 14.9 Å². The van der Waals surface area contributed by atoms with Crippen molar-refractivity contribution >= 4 is 11.6 Å². The lowest BCUT2D eigenvalue weighted by Gasteiger charge is -2.33. The normalized spacial score (nSPS) is 19.1. The van der Waals surface area contributed by atoms with Crippen LogP contribution in [0.1, 0.15) is 37.6 Å². The van der Waals surface area contributed by atoms with Crippen LogP contribution in [-0.2, 0) is 11.3 Å². The van der Waals surface area contributed by atoms with Gasteiger partial charge in [-0.25, -0.2) is 0 Å². The van der Waals surface area contributed by atoms with Gasteiger partial charge in [0.2, 0.25) is 5.91 Å². The second-order valence-corrected chi connectivity index (χ2v) is 5.37. The summed E-state index contributed by atoms with van der Waals surface area (Å²) in [5, 5.41) is 15.1. The highest BCUT2D eigenvalue weighted by molar-refractivity contribution is 5.76. The van der Waals surface area contributed by atoms with E-state index in [0.717, 1.165) is 25.8 Å². The number of nitro groups is 1. The molecule has 0 saturated carbocycles. The van der Waals surface area contributed by atoms with Crippen LogP contribution in [0.5, 0.6) is 0 Å². The molecule has 1 fully saturated rings. The van der Waals surface area contributed by atoms with Crippen LogP contribution >= 0.6 is 0 Å². The number of carbonyl (C=O) groups is 1. The van der Waals surface area contributed by atoms with Gasteiger partial charge in [0.15, 0.2) is 0 Å². The Balaban J connectivity index is 2.16. The molecule has 1 saturated heterocycles. The van der Waals surface area contributed by atoms with E-state index in [2.05, 4.69) is 5.10 Å². The number of nitrogens with zero attached hydrogens (tertiary/aromatic N) is 4. The molecule has 0 spiro atoms. The molecule has 2 heterocycles. The summed E-state index contributed by atoms with van der Waals surface area (Å²) in [6.45, 7) is 6.10. The fourth-order valence-corrected chi connectivity index (χ4v) is 2.79. The van der Waals surface area contributed by atoms with Crippen molar-refractivity contribution in [3.8, 4) is 0 Å². The van der Waals surface area contributed by atoms with Crippen molar-refractivity contribution in [2.45, 2.75) is 52.6 Å². The van der Waals surface area contributed by atoms with Crippen molar-refractivity contribution < 1.29 is 9.72 Å². The number of likely N-dealkylation sites (tertiary alicyclic amines) is 1. The van der Waals surface area contributed by atoms with Gasteiger partial charge in [0, 0.05) is 12.6 Å². The molecule has 0 aromatic carbocycles. The van der Waals surface area contributed by atoms with Gasteiger partial charge in [0.05, 0.1) is 4.92 Å². The van der Waals surface area contributed by atoms with Crippen LogP contribution in [0.3, 0.4) is 0 Å². The molecule has 0 radical (unpaired) electrons. The van der Waals surface area contributed by atoms with Crippen molar-refractivity contribution in [2.24, 2.45) is 0 Å². The lowest BCUT2D eigenvalue weighted by Crippen LogP contribution is -2.43. The molecule has 1 amide bonds. The highest BCUT2D eigenvalue weighted by Crippen LogP contribution is 2.22. The third-order valence-corrected chi connectivity index (χ3v) is 3.93. The van der Waals surface area contributed by atoms with E-state index in [1.165, 1.54) is 4.68 Å². The van der Waals surface area contributed by atoms with Crippen molar-refractivity contribution in [1.29, 1.82) is 0 Å². The minimum Gasteiger partial charge on any atom is -0.338 e. The molecule has 0 N–H and O–H groups in total. The van der Waals surface area contributed by atoms with Crippen molar-refractivity contribution in [1.82, 2.24) is 14.7 Å². The molecular weight excluding hydrogens is 260 g/mol. The molecule has 110 valence electrons. The predicted octanol–water partition coefficient (Wildman–Crippen LogP) is 1.81. The number of amides is 1. The average molecular weight is 280 g/mol. The maximum Gasteiger partial charge on any atom is 0.312 e. The number of aromatic nitrogens is 2. The van der Waals surface area contributed by atoms with E-state index >= 15 is 0 Å². The molecule has 7 heteroatoms. The second kappa shape index (κ2) is 5.60. The van der Waals surface area contributed by atoms with Crippen LogP contribution in [0.4, 0.5) is 5.69 Å². The van der Waals surface area contributed by atoms with Crippen molar-refractivity contribution in [3.05, 3.63) is 21.5 Å². The van der Waals surface area contributed by atoms with Gasteiger partial charge in [0.25, 0.3) is 0 Å². The first-order valence-electron chi connectivity index (χ1n) is 6.89. The topological polar surface area (TPSA) is 81.3 Å². The lowest BCUT2D eigenvalue weighted by atomic mass is 10.0. The zero-order chi connectivity index (χ0) is 14.9. The van der Waals surface area contributed by atoms with Crippen molar-refractivity contribution in [3.63, 3.8) is 0 Å². The number of hydrogen-bond donors (Lipinski definition) is 0. The summed E-state index contributed by atoms with van der Waals surface area (Å²) in [5.74, 6) is -0.0160. The Bertz CT molecular complexity index is 538. The SMILES string of the molecule is Cc1nn(CC(=O)N2CCCCC2C)c(C)c1[N+](=O)[O-]. The van der Waals surface area contributed by atoms with Gasteiger partial charge in [-0.3, -0.25) is 19.6 Å². The monoisotopic (exact) mass is 280 g/mol. The fourth-order valence-electron chi connectivity index (χ4n) is 2.79. The van der Waals surface area contributed by atoms with Gasteiger partial charge in [-0.2, -0.15) is 5.10 Å². The van der Waals surface area contributed by atoms with Crippen molar-refractivity contribution in [2.75, 3.05) is 6.54 Å². The molecule has 1 atom stereocenters. The lowest BCUT2D eigenvalue weighted by molar-refractivity contribution is -0.386. The van der Waals surface area contributed by atoms with Crippen LogP contribution in [0, 0.1) is 24.0 Å². The Hall–Kier alpha value is -1.92. The summed E-state index contributed by atoms with van der Waals surface area (Å²) >= 11 is 0. The van der Waals surface area contributed by atoms with Gasteiger partial charge in [0.1, 0.15) is 17.9 Å². The Kier molecular flexibility index (Phi) is 4.06. The average Bonchev–Trinajstić information content (AvgIpc) is 2.64. The third kappa shape index (κ3) is 2.66. The van der Waals surface area contributed by atoms with Crippen LogP contribution in [0.25, 0.3) is 0 Å². The summed E-state index contributed by atoms with van der Waals surface area (Å²) in [4.78, 5) is 24.7. The molecule has 0 bridgehead atoms. The van der Waals surface area contributed by atoms with Crippen LogP contribution in [-0.4, -0.2) is 38.1 Å². The molecular formula is C13H20N4O3. The molecule has 2 rings (SSSR count). The van der Waals surface area contributed by atoms with Gasteiger partial charge in [-0.15, -0.1) is 0 Å². The van der Waals surface area contributed by atoms with E-state index in [1.807, 2.05) is 11.8 Å². The van der Waals surface area contributed by atoms with Crippen LogP contribution < -0.4 is 0 Å². The third-order valence-electron chi connectivity index (χ3n) is 3.93. The molecule has 7 nitrogen and oxygen atoms in total. The number of aryl methyl sites for hydroxylation is 1. The standard InChI is InChI=1S/C13H20N4O3/c1-9-6-4-5-7-15(9)12(18)8-16-11(3)13(17(19)20)10(2)14-16/h9H,4-8H2,1-3H3. The van der Waals surface area contributed by atoms with Gasteiger partial charge in [-0.05, 0) is 40.0 Å². The molecule has 1 unspecified atom stereocenters. The Morgan fingerprint density at radius 1 is 1.45 bits per heavy atom. The zero-order valence-electron chi connectivity index (χ0n) is 12.1. The Labute approximate surface area is 117 Å². The van der Waals surface area contributed by atoms with Crippen LogP contribution in [0.15, 0.2) is 0 Å². The first-order valence-corrected chi connectivity index (χ1v) is 6.89. The molecule has 1 aromatic heterocycles. The summed E-state index contributed by atoms with van der Waals surface area (Å²) < 4.78 is 1.44. The molecule has 1 aliphatic heterocycles. The smallest absolute Gasteiger partial charge is 0.312 e. The highest BCUT2D eigenvalue weighted by Gasteiger charge is 2.27. The van der Waals surface area contributed by atoms with Crippen LogP contribution in [0.2, 0.25) is 0 Å². The first-order chi connectivity index (χ1) is 9.41. The summed E-state index contributed by atoms with van der Waals surface area (Å²) in [6, 6.07) is 0.239.